The molecule has 0 bridgehead atoms. The number of sulfonamides is 1. The van der Waals surface area contributed by atoms with Crippen molar-refractivity contribution in [1.82, 2.24) is 4.72 Å². The van der Waals surface area contributed by atoms with Gasteiger partial charge in [0, 0.05) is 13.2 Å². The summed E-state index contributed by atoms with van der Waals surface area (Å²) in [7, 11) is -3.01. The summed E-state index contributed by atoms with van der Waals surface area (Å²) < 4.78 is 29.8. The summed E-state index contributed by atoms with van der Waals surface area (Å²) in [5, 5.41) is 0. The molecule has 0 fully saturated rings. The summed E-state index contributed by atoms with van der Waals surface area (Å²) in [6.45, 7) is 6.81. The summed E-state index contributed by atoms with van der Waals surface area (Å²) in [6, 6.07) is 0. The number of ether oxygens (including phenoxy) is 1. The molecule has 0 heterocycles. The van der Waals surface area contributed by atoms with Crippen molar-refractivity contribution in [3.8, 4) is 0 Å². The topological polar surface area (TPSA) is 55.4 Å². The van der Waals surface area contributed by atoms with Crippen molar-refractivity contribution in [3.05, 3.63) is 0 Å². The standard InChI is InChI=1S/C9H21NO3S/c1-4-14(11,12)10-7-5-6-8-13-9(2)3/h9-10H,4-8H2,1-3H3. The molecule has 0 radical (unpaired) electrons. The van der Waals surface area contributed by atoms with E-state index in [2.05, 4.69) is 4.72 Å². The van der Waals surface area contributed by atoms with E-state index in [0.717, 1.165) is 12.8 Å². The molecule has 0 saturated carbocycles. The lowest BCUT2D eigenvalue weighted by Gasteiger charge is -2.07. The molecule has 14 heavy (non-hydrogen) atoms. The Hall–Kier alpha value is -0.130. The lowest BCUT2D eigenvalue weighted by atomic mass is 10.3. The van der Waals surface area contributed by atoms with Crippen LogP contribution in [0.5, 0.6) is 0 Å². The highest BCUT2D eigenvalue weighted by Crippen LogP contribution is 1.94. The van der Waals surface area contributed by atoms with E-state index >= 15 is 0 Å². The monoisotopic (exact) mass is 223 g/mol. The fraction of sp³-hybridized carbons (Fsp3) is 1.00. The van der Waals surface area contributed by atoms with E-state index in [1.54, 1.807) is 6.92 Å². The van der Waals surface area contributed by atoms with Crippen LogP contribution >= 0.6 is 0 Å². The highest BCUT2D eigenvalue weighted by Gasteiger charge is 2.03. The highest BCUT2D eigenvalue weighted by molar-refractivity contribution is 7.89. The van der Waals surface area contributed by atoms with Crippen LogP contribution in [-0.4, -0.2) is 33.4 Å². The van der Waals surface area contributed by atoms with Gasteiger partial charge in [0.15, 0.2) is 0 Å². The Balaban J connectivity index is 3.31. The largest absolute Gasteiger partial charge is 0.379 e. The molecule has 0 amide bonds. The molecule has 0 aliphatic rings. The van der Waals surface area contributed by atoms with E-state index in [-0.39, 0.29) is 11.9 Å². The van der Waals surface area contributed by atoms with Crippen LogP contribution in [0.15, 0.2) is 0 Å². The molecule has 4 nitrogen and oxygen atoms in total. The minimum Gasteiger partial charge on any atom is -0.379 e. The minimum absolute atomic E-state index is 0.148. The molecule has 0 aliphatic heterocycles. The maximum Gasteiger partial charge on any atom is 0.211 e. The summed E-state index contributed by atoms with van der Waals surface area (Å²) in [6.07, 6.45) is 1.97. The second kappa shape index (κ2) is 7.20. The lowest BCUT2D eigenvalue weighted by molar-refractivity contribution is 0.0762. The van der Waals surface area contributed by atoms with Gasteiger partial charge in [-0.25, -0.2) is 13.1 Å². The smallest absolute Gasteiger partial charge is 0.211 e. The Bertz CT molecular complexity index is 224. The molecule has 0 atom stereocenters. The van der Waals surface area contributed by atoms with Crippen molar-refractivity contribution in [3.63, 3.8) is 0 Å². The second-order valence-corrected chi connectivity index (χ2v) is 5.52. The van der Waals surface area contributed by atoms with Crippen LogP contribution in [0.25, 0.3) is 0 Å². The van der Waals surface area contributed by atoms with Crippen LogP contribution in [0.3, 0.4) is 0 Å². The first-order chi connectivity index (χ1) is 6.48. The van der Waals surface area contributed by atoms with Gasteiger partial charge in [0.05, 0.1) is 11.9 Å². The predicted octanol–water partition coefficient (Wildman–Crippen LogP) is 1.13. The summed E-state index contributed by atoms with van der Waals surface area (Å²) in [5.74, 6) is 0.148. The molecule has 0 aromatic heterocycles. The maximum atomic E-state index is 11.0. The highest BCUT2D eigenvalue weighted by atomic mass is 32.2. The first-order valence-electron chi connectivity index (χ1n) is 5.07. The molecular weight excluding hydrogens is 202 g/mol. The molecule has 0 aromatic rings. The van der Waals surface area contributed by atoms with Gasteiger partial charge in [-0.15, -0.1) is 0 Å². The summed E-state index contributed by atoms with van der Waals surface area (Å²) in [5.41, 5.74) is 0. The van der Waals surface area contributed by atoms with Gasteiger partial charge in [-0.05, 0) is 33.6 Å². The van der Waals surface area contributed by atoms with Gasteiger partial charge in [0.1, 0.15) is 0 Å². The van der Waals surface area contributed by atoms with Gasteiger partial charge in [0.2, 0.25) is 10.0 Å². The molecule has 0 unspecified atom stereocenters. The Labute approximate surface area is 87.1 Å². The Morgan fingerprint density at radius 2 is 1.93 bits per heavy atom. The van der Waals surface area contributed by atoms with Crippen LogP contribution in [0.1, 0.15) is 33.6 Å². The fourth-order valence-electron chi connectivity index (χ4n) is 0.876. The zero-order chi connectivity index (χ0) is 11.0. The molecule has 0 aromatic carbocycles. The van der Waals surface area contributed by atoms with E-state index in [4.69, 9.17) is 4.74 Å². The van der Waals surface area contributed by atoms with Gasteiger partial charge < -0.3 is 4.74 Å². The molecule has 1 N–H and O–H groups in total. The number of unbranched alkanes of at least 4 members (excludes halogenated alkanes) is 1. The van der Waals surface area contributed by atoms with Crippen molar-refractivity contribution >= 4 is 10.0 Å². The van der Waals surface area contributed by atoms with Crippen molar-refractivity contribution in [2.45, 2.75) is 39.7 Å². The average Bonchev–Trinajstić information content (AvgIpc) is 2.10. The third-order valence-corrected chi connectivity index (χ3v) is 3.13. The van der Waals surface area contributed by atoms with Gasteiger partial charge in [0.25, 0.3) is 0 Å². The second-order valence-electron chi connectivity index (χ2n) is 3.42. The van der Waals surface area contributed by atoms with E-state index in [0.29, 0.717) is 13.2 Å². The number of rotatable bonds is 8. The molecule has 0 aliphatic carbocycles. The van der Waals surface area contributed by atoms with Crippen LogP contribution < -0.4 is 4.72 Å². The molecule has 5 heteroatoms. The van der Waals surface area contributed by atoms with Gasteiger partial charge in [-0.3, -0.25) is 0 Å². The van der Waals surface area contributed by atoms with Gasteiger partial charge in [-0.1, -0.05) is 0 Å². The quantitative estimate of drug-likeness (QED) is 0.628. The van der Waals surface area contributed by atoms with Crippen molar-refractivity contribution in [2.24, 2.45) is 0 Å². The SMILES string of the molecule is CCS(=O)(=O)NCCCCOC(C)C. The van der Waals surface area contributed by atoms with Crippen LogP contribution in [0, 0.1) is 0 Å². The Kier molecular flexibility index (Phi) is 7.13. The van der Waals surface area contributed by atoms with Crippen LogP contribution in [-0.2, 0) is 14.8 Å². The Morgan fingerprint density at radius 1 is 1.29 bits per heavy atom. The van der Waals surface area contributed by atoms with Crippen LogP contribution in [0.4, 0.5) is 0 Å². The number of nitrogens with one attached hydrogen (secondary N) is 1. The number of hydrogen-bond donors (Lipinski definition) is 1. The number of hydrogen-bond acceptors (Lipinski definition) is 3. The molecule has 0 saturated heterocycles. The zero-order valence-corrected chi connectivity index (χ0v) is 10.1. The van der Waals surface area contributed by atoms with Crippen molar-refractivity contribution in [2.75, 3.05) is 18.9 Å². The van der Waals surface area contributed by atoms with E-state index in [9.17, 15) is 8.42 Å². The third kappa shape index (κ3) is 8.47. The predicted molar refractivity (Wildman–Crippen MR) is 57.8 cm³/mol. The minimum atomic E-state index is -3.01. The summed E-state index contributed by atoms with van der Waals surface area (Å²) in [4.78, 5) is 0. The van der Waals surface area contributed by atoms with Crippen molar-refractivity contribution in [1.29, 1.82) is 0 Å². The summed E-state index contributed by atoms with van der Waals surface area (Å²) >= 11 is 0. The van der Waals surface area contributed by atoms with E-state index in [1.807, 2.05) is 13.8 Å². The lowest BCUT2D eigenvalue weighted by Crippen LogP contribution is -2.26. The fourth-order valence-corrected chi connectivity index (χ4v) is 1.54. The molecule has 86 valence electrons. The maximum absolute atomic E-state index is 11.0. The van der Waals surface area contributed by atoms with Crippen LogP contribution in [0.2, 0.25) is 0 Å². The van der Waals surface area contributed by atoms with E-state index in [1.165, 1.54) is 0 Å². The first kappa shape index (κ1) is 13.9. The molecule has 0 spiro atoms. The van der Waals surface area contributed by atoms with Gasteiger partial charge >= 0.3 is 0 Å². The zero-order valence-electron chi connectivity index (χ0n) is 9.25. The Morgan fingerprint density at radius 3 is 2.43 bits per heavy atom. The molecular formula is C9H21NO3S. The normalized spacial score (nSPS) is 12.3. The van der Waals surface area contributed by atoms with E-state index < -0.39 is 10.0 Å². The third-order valence-electron chi connectivity index (χ3n) is 1.72. The average molecular weight is 223 g/mol. The van der Waals surface area contributed by atoms with Gasteiger partial charge in [-0.2, -0.15) is 0 Å². The first-order valence-corrected chi connectivity index (χ1v) is 6.72. The van der Waals surface area contributed by atoms with Crippen molar-refractivity contribution < 1.29 is 13.2 Å². The molecule has 0 rings (SSSR count).